The van der Waals surface area contributed by atoms with Crippen LogP contribution in [0.5, 0.6) is 0 Å². The van der Waals surface area contributed by atoms with Crippen LogP contribution in [0.25, 0.3) is 16.8 Å². The fourth-order valence-corrected chi connectivity index (χ4v) is 7.32. The molecule has 2 unspecified atom stereocenters. The number of hydrogen-bond acceptors (Lipinski definition) is 2. The molecule has 2 aliphatic rings. The van der Waals surface area contributed by atoms with Crippen LogP contribution in [0.4, 0.5) is 28.4 Å². The van der Waals surface area contributed by atoms with Crippen molar-refractivity contribution < 1.29 is 0 Å². The maximum absolute atomic E-state index is 2.47. The highest BCUT2D eigenvalue weighted by Crippen LogP contribution is 2.51. The number of rotatable bonds is 6. The molecule has 6 aromatic carbocycles. The third-order valence-corrected chi connectivity index (χ3v) is 9.89. The van der Waals surface area contributed by atoms with Crippen LogP contribution in [0.3, 0.4) is 0 Å². The van der Waals surface area contributed by atoms with Gasteiger partial charge in [-0.05, 0) is 105 Å². The summed E-state index contributed by atoms with van der Waals surface area (Å²) in [5.41, 5.74) is 14.8. The Bertz CT molecular complexity index is 2110. The molecule has 0 bridgehead atoms. The molecule has 0 fully saturated rings. The topological polar surface area (TPSA) is 6.48 Å². The molecule has 2 aliphatic carbocycles. The lowest BCUT2D eigenvalue weighted by atomic mass is 9.73. The molecule has 0 saturated heterocycles. The van der Waals surface area contributed by atoms with Crippen molar-refractivity contribution in [2.75, 3.05) is 9.80 Å². The monoisotopic (exact) mass is 620 g/mol. The van der Waals surface area contributed by atoms with E-state index in [1.165, 1.54) is 66.9 Å². The quantitative estimate of drug-likeness (QED) is 0.183. The van der Waals surface area contributed by atoms with E-state index in [1.807, 2.05) is 0 Å². The molecule has 0 aliphatic heterocycles. The van der Waals surface area contributed by atoms with E-state index in [0.29, 0.717) is 0 Å². The summed E-state index contributed by atoms with van der Waals surface area (Å²) < 4.78 is 0. The first-order chi connectivity index (χ1) is 23.4. The van der Waals surface area contributed by atoms with E-state index >= 15 is 0 Å². The second kappa shape index (κ2) is 12.2. The smallest absolute Gasteiger partial charge is 0.0543 e. The number of anilines is 5. The molecule has 0 heterocycles. The first-order valence-electron chi connectivity index (χ1n) is 16.9. The summed E-state index contributed by atoms with van der Waals surface area (Å²) in [6.07, 6.45) is 11.7. The van der Waals surface area contributed by atoms with Gasteiger partial charge in [0.1, 0.15) is 0 Å². The van der Waals surface area contributed by atoms with Crippen molar-refractivity contribution in [2.45, 2.75) is 33.6 Å². The molecule has 2 atom stereocenters. The van der Waals surface area contributed by atoms with Gasteiger partial charge in [0.2, 0.25) is 0 Å². The van der Waals surface area contributed by atoms with Crippen molar-refractivity contribution in [2.24, 2.45) is 5.92 Å². The Kier molecular flexibility index (Phi) is 7.57. The number of benzene rings is 6. The van der Waals surface area contributed by atoms with Gasteiger partial charge < -0.3 is 9.80 Å². The predicted octanol–water partition coefficient (Wildman–Crippen LogP) is 12.6. The third kappa shape index (κ3) is 5.34. The number of aryl methyl sites for hydroxylation is 4. The minimum atomic E-state index is 0.173. The maximum Gasteiger partial charge on any atom is 0.0543 e. The van der Waals surface area contributed by atoms with Gasteiger partial charge in [0.15, 0.2) is 0 Å². The molecule has 234 valence electrons. The summed E-state index contributed by atoms with van der Waals surface area (Å²) in [6.45, 7) is 8.61. The molecular weight excluding hydrogens is 581 g/mol. The van der Waals surface area contributed by atoms with Crippen molar-refractivity contribution in [3.05, 3.63) is 191 Å². The summed E-state index contributed by atoms with van der Waals surface area (Å²) in [5.74, 6) is 0.357. The van der Waals surface area contributed by atoms with Crippen molar-refractivity contribution in [3.63, 3.8) is 0 Å². The van der Waals surface area contributed by atoms with E-state index in [9.17, 15) is 0 Å². The van der Waals surface area contributed by atoms with Gasteiger partial charge in [0.05, 0.1) is 5.69 Å². The summed E-state index contributed by atoms with van der Waals surface area (Å²) in [5, 5.41) is 2.50. The average Bonchev–Trinajstić information content (AvgIpc) is 3.12. The highest BCUT2D eigenvalue weighted by molar-refractivity contribution is 6.05. The Morgan fingerprint density at radius 2 is 0.854 bits per heavy atom. The Labute approximate surface area is 284 Å². The molecule has 0 aromatic heterocycles. The fraction of sp³-hybridized carbons (Fsp3) is 0.130. The highest BCUT2D eigenvalue weighted by atomic mass is 15.2. The highest BCUT2D eigenvalue weighted by Gasteiger charge is 2.35. The second-order valence-electron chi connectivity index (χ2n) is 13.3. The standard InChI is InChI=1S/C46H40N2/c1-31-13-21-35(22-14-31)47(36-23-15-32(2)16-24-36)45-29-43-40-10-6-8-12-42(40)46(30-44(43)39-9-5-7-11-41(39)45)48(37-25-17-33(3)18-26-37)38-27-19-34(4)20-28-38/h5-30,39,41H,1-4H3. The van der Waals surface area contributed by atoms with Crippen molar-refractivity contribution in [1.82, 2.24) is 0 Å². The van der Waals surface area contributed by atoms with Crippen LogP contribution < -0.4 is 9.80 Å². The Morgan fingerprint density at radius 3 is 1.33 bits per heavy atom. The van der Waals surface area contributed by atoms with Crippen LogP contribution in [0.15, 0.2) is 157 Å². The lowest BCUT2D eigenvalue weighted by Gasteiger charge is -2.40. The van der Waals surface area contributed by atoms with Crippen molar-refractivity contribution in [1.29, 1.82) is 0 Å². The van der Waals surface area contributed by atoms with Gasteiger partial charge in [0.25, 0.3) is 0 Å². The molecule has 0 saturated carbocycles. The second-order valence-corrected chi connectivity index (χ2v) is 13.3. The van der Waals surface area contributed by atoms with Gasteiger partial charge in [-0.15, -0.1) is 0 Å². The lowest BCUT2D eigenvalue weighted by molar-refractivity contribution is 0.644. The van der Waals surface area contributed by atoms with E-state index in [2.05, 4.69) is 195 Å². The first-order valence-corrected chi connectivity index (χ1v) is 16.9. The molecule has 2 heteroatoms. The Morgan fingerprint density at radius 1 is 0.438 bits per heavy atom. The zero-order chi connectivity index (χ0) is 32.8. The third-order valence-electron chi connectivity index (χ3n) is 9.89. The van der Waals surface area contributed by atoms with Crippen LogP contribution in [0.1, 0.15) is 39.3 Å². The number of fused-ring (bicyclic) bond motifs is 5. The minimum absolute atomic E-state index is 0.173. The van der Waals surface area contributed by atoms with Gasteiger partial charge in [-0.3, -0.25) is 0 Å². The first kappa shape index (κ1) is 29.8. The predicted molar refractivity (Wildman–Crippen MR) is 205 cm³/mol. The van der Waals surface area contributed by atoms with Crippen molar-refractivity contribution >= 4 is 45.3 Å². The summed E-state index contributed by atoms with van der Waals surface area (Å²) in [7, 11) is 0. The van der Waals surface area contributed by atoms with Gasteiger partial charge in [-0.2, -0.15) is 0 Å². The summed E-state index contributed by atoms with van der Waals surface area (Å²) >= 11 is 0. The number of nitrogens with zero attached hydrogens (tertiary/aromatic N) is 2. The SMILES string of the molecule is Cc1ccc(N(C2=Cc3c(cc(N(c4ccc(C)cc4)c4ccc(C)cc4)c4ccccc34)C3C=CC=CC23)c2ccc(C)cc2)cc1. The maximum atomic E-state index is 2.47. The largest absolute Gasteiger partial charge is 0.314 e. The number of hydrogen-bond donors (Lipinski definition) is 0. The molecule has 8 rings (SSSR count). The molecule has 6 aromatic rings. The zero-order valence-electron chi connectivity index (χ0n) is 28.1. The molecule has 2 nitrogen and oxygen atoms in total. The summed E-state index contributed by atoms with van der Waals surface area (Å²) in [4.78, 5) is 4.90. The van der Waals surface area contributed by atoms with Gasteiger partial charge in [0, 0.05) is 45.7 Å². The van der Waals surface area contributed by atoms with Gasteiger partial charge in [-0.1, -0.05) is 119 Å². The average molecular weight is 621 g/mol. The van der Waals surface area contributed by atoms with Crippen LogP contribution in [-0.4, -0.2) is 0 Å². The van der Waals surface area contributed by atoms with Crippen LogP contribution in [0, 0.1) is 33.6 Å². The molecule has 0 N–H and O–H groups in total. The van der Waals surface area contributed by atoms with E-state index in [-0.39, 0.29) is 11.8 Å². The van der Waals surface area contributed by atoms with E-state index < -0.39 is 0 Å². The molecule has 0 radical (unpaired) electrons. The molecule has 0 spiro atoms. The minimum Gasteiger partial charge on any atom is -0.314 e. The van der Waals surface area contributed by atoms with Crippen LogP contribution in [0.2, 0.25) is 0 Å². The summed E-state index contributed by atoms with van der Waals surface area (Å²) in [6, 6.07) is 47.1. The van der Waals surface area contributed by atoms with Gasteiger partial charge in [-0.25, -0.2) is 0 Å². The van der Waals surface area contributed by atoms with E-state index in [0.717, 1.165) is 11.4 Å². The normalized spacial score (nSPS) is 16.3. The van der Waals surface area contributed by atoms with E-state index in [4.69, 9.17) is 0 Å². The van der Waals surface area contributed by atoms with Crippen LogP contribution >= 0.6 is 0 Å². The molecular formula is C46H40N2. The van der Waals surface area contributed by atoms with Crippen LogP contribution in [-0.2, 0) is 0 Å². The Balaban J connectivity index is 1.39. The lowest BCUT2D eigenvalue weighted by Crippen LogP contribution is -2.29. The molecule has 0 amide bonds. The fourth-order valence-electron chi connectivity index (χ4n) is 7.32. The van der Waals surface area contributed by atoms with Gasteiger partial charge >= 0.3 is 0 Å². The zero-order valence-corrected chi connectivity index (χ0v) is 28.1. The van der Waals surface area contributed by atoms with Crippen molar-refractivity contribution in [3.8, 4) is 0 Å². The molecule has 48 heavy (non-hydrogen) atoms. The van der Waals surface area contributed by atoms with E-state index in [1.54, 1.807) is 0 Å². The Hall–Kier alpha value is -5.60. The number of allylic oxidation sites excluding steroid dienone is 4.